The smallest absolute Gasteiger partial charge is 0.0724 e. The minimum absolute atomic E-state index is 0.429. The minimum Gasteiger partial charge on any atom is -0.396 e. The molecule has 2 rings (SSSR count). The highest BCUT2D eigenvalue weighted by atomic mass is 15.2. The number of nitrogens with zero attached hydrogens (tertiary/aromatic N) is 2. The number of nitrogens with two attached hydrogens (primary N) is 1. The second-order valence-electron chi connectivity index (χ2n) is 5.71. The number of hydrogen-bond donors (Lipinski definition) is 1. The number of fused-ring (bicyclic) bond motifs is 1. The Morgan fingerprint density at radius 3 is 2.53 bits per heavy atom. The Morgan fingerprint density at radius 2 is 1.89 bits per heavy atom. The van der Waals surface area contributed by atoms with Crippen molar-refractivity contribution in [3.63, 3.8) is 0 Å². The number of rotatable bonds is 4. The molecular weight excluding hydrogens is 234 g/mol. The first-order valence-electron chi connectivity index (χ1n) is 6.90. The largest absolute Gasteiger partial charge is 0.396 e. The Hall–Kier alpha value is -1.77. The van der Waals surface area contributed by atoms with Crippen LogP contribution < -0.4 is 10.6 Å². The van der Waals surface area contributed by atoms with Crippen LogP contribution in [0.15, 0.2) is 30.5 Å². The van der Waals surface area contributed by atoms with Crippen LogP contribution in [-0.4, -0.2) is 17.6 Å². The van der Waals surface area contributed by atoms with E-state index in [-0.39, 0.29) is 0 Å². The van der Waals surface area contributed by atoms with Gasteiger partial charge in [-0.05, 0) is 44.0 Å². The number of hydrogen-bond acceptors (Lipinski definition) is 3. The lowest BCUT2D eigenvalue weighted by atomic mass is 10.1. The van der Waals surface area contributed by atoms with Crippen molar-refractivity contribution in [2.75, 3.05) is 17.2 Å². The van der Waals surface area contributed by atoms with E-state index in [1.54, 1.807) is 6.20 Å². The fraction of sp³-hybridized carbons (Fsp3) is 0.438. The molecule has 3 heteroatoms. The highest BCUT2D eigenvalue weighted by molar-refractivity contribution is 5.97. The van der Waals surface area contributed by atoms with Crippen LogP contribution in [0.3, 0.4) is 0 Å². The molecule has 1 heterocycles. The van der Waals surface area contributed by atoms with E-state index in [4.69, 9.17) is 5.73 Å². The number of aromatic nitrogens is 1. The summed E-state index contributed by atoms with van der Waals surface area (Å²) < 4.78 is 0. The highest BCUT2D eigenvalue weighted by Gasteiger charge is 2.16. The van der Waals surface area contributed by atoms with Gasteiger partial charge in [-0.3, -0.25) is 4.98 Å². The molecule has 1 aromatic carbocycles. The van der Waals surface area contributed by atoms with Crippen molar-refractivity contribution in [3.8, 4) is 0 Å². The van der Waals surface area contributed by atoms with Crippen molar-refractivity contribution in [3.05, 3.63) is 30.5 Å². The van der Waals surface area contributed by atoms with Gasteiger partial charge < -0.3 is 10.6 Å². The second-order valence-corrected chi connectivity index (χ2v) is 5.71. The van der Waals surface area contributed by atoms with Gasteiger partial charge in [0.25, 0.3) is 0 Å². The lowest BCUT2D eigenvalue weighted by molar-refractivity contribution is 0.572. The van der Waals surface area contributed by atoms with E-state index in [1.165, 1.54) is 0 Å². The Kier molecular flexibility index (Phi) is 3.93. The number of anilines is 2. The van der Waals surface area contributed by atoms with Crippen molar-refractivity contribution < 1.29 is 0 Å². The Morgan fingerprint density at radius 1 is 1.16 bits per heavy atom. The molecule has 0 aliphatic rings. The van der Waals surface area contributed by atoms with Crippen LogP contribution in [0.5, 0.6) is 0 Å². The molecule has 102 valence electrons. The van der Waals surface area contributed by atoms with E-state index < -0.39 is 0 Å². The first kappa shape index (κ1) is 13.7. The van der Waals surface area contributed by atoms with Crippen molar-refractivity contribution in [1.82, 2.24) is 4.98 Å². The second kappa shape index (κ2) is 5.47. The molecule has 0 unspecified atom stereocenters. The van der Waals surface area contributed by atoms with E-state index in [0.717, 1.165) is 28.8 Å². The summed E-state index contributed by atoms with van der Waals surface area (Å²) in [7, 11) is 0. The standard InChI is InChI=1S/C16H23N3/c1-11(2)10-19(12(3)4)15-8-7-14-13(16(15)17)6-5-9-18-14/h5-9,11-12H,10,17H2,1-4H3. The fourth-order valence-electron chi connectivity index (χ4n) is 2.39. The molecule has 0 bridgehead atoms. The third-order valence-electron chi connectivity index (χ3n) is 3.30. The summed E-state index contributed by atoms with van der Waals surface area (Å²) in [6.07, 6.45) is 1.80. The summed E-state index contributed by atoms with van der Waals surface area (Å²) in [6.45, 7) is 9.88. The summed E-state index contributed by atoms with van der Waals surface area (Å²) in [5, 5.41) is 1.04. The topological polar surface area (TPSA) is 42.2 Å². The lowest BCUT2D eigenvalue weighted by Gasteiger charge is -2.32. The van der Waals surface area contributed by atoms with Crippen molar-refractivity contribution in [2.45, 2.75) is 33.7 Å². The van der Waals surface area contributed by atoms with Crippen molar-refractivity contribution >= 4 is 22.3 Å². The molecule has 0 saturated heterocycles. The average Bonchev–Trinajstić information content (AvgIpc) is 2.37. The molecule has 0 amide bonds. The summed E-state index contributed by atoms with van der Waals surface area (Å²) >= 11 is 0. The van der Waals surface area contributed by atoms with Crippen LogP contribution in [0, 0.1) is 5.92 Å². The van der Waals surface area contributed by atoms with E-state index in [1.807, 2.05) is 12.1 Å². The van der Waals surface area contributed by atoms with E-state index in [9.17, 15) is 0 Å². The molecule has 3 nitrogen and oxygen atoms in total. The van der Waals surface area contributed by atoms with Crippen molar-refractivity contribution in [1.29, 1.82) is 0 Å². The van der Waals surface area contributed by atoms with Crippen LogP contribution in [0.4, 0.5) is 11.4 Å². The third-order valence-corrected chi connectivity index (χ3v) is 3.30. The van der Waals surface area contributed by atoms with Gasteiger partial charge in [0, 0.05) is 24.2 Å². The van der Waals surface area contributed by atoms with E-state index in [2.05, 4.69) is 49.7 Å². The number of pyridine rings is 1. The normalized spacial score (nSPS) is 11.5. The minimum atomic E-state index is 0.429. The summed E-state index contributed by atoms with van der Waals surface area (Å²) in [5.41, 5.74) is 9.26. The Balaban J connectivity index is 2.51. The zero-order valence-corrected chi connectivity index (χ0v) is 12.2. The molecule has 0 fully saturated rings. The third kappa shape index (κ3) is 2.80. The maximum atomic E-state index is 6.35. The molecule has 2 N–H and O–H groups in total. The first-order valence-corrected chi connectivity index (χ1v) is 6.90. The molecule has 1 aromatic heterocycles. The zero-order valence-electron chi connectivity index (χ0n) is 12.2. The van der Waals surface area contributed by atoms with Gasteiger partial charge in [0.05, 0.1) is 16.9 Å². The monoisotopic (exact) mass is 257 g/mol. The predicted octanol–water partition coefficient (Wildman–Crippen LogP) is 3.69. The molecule has 2 aromatic rings. The Labute approximate surface area is 115 Å². The van der Waals surface area contributed by atoms with E-state index in [0.29, 0.717) is 12.0 Å². The lowest BCUT2D eigenvalue weighted by Crippen LogP contribution is -2.34. The van der Waals surface area contributed by atoms with Crippen LogP contribution in [-0.2, 0) is 0 Å². The quantitative estimate of drug-likeness (QED) is 0.849. The number of benzene rings is 1. The van der Waals surface area contributed by atoms with Crippen molar-refractivity contribution in [2.24, 2.45) is 5.92 Å². The maximum Gasteiger partial charge on any atom is 0.0724 e. The molecule has 0 aliphatic heterocycles. The predicted molar refractivity (Wildman–Crippen MR) is 83.5 cm³/mol. The Bertz CT molecular complexity index is 561. The molecule has 0 atom stereocenters. The van der Waals surface area contributed by atoms with Gasteiger partial charge in [-0.2, -0.15) is 0 Å². The highest BCUT2D eigenvalue weighted by Crippen LogP contribution is 2.32. The van der Waals surface area contributed by atoms with Crippen LogP contribution in [0.2, 0.25) is 0 Å². The van der Waals surface area contributed by atoms with Gasteiger partial charge in [0.1, 0.15) is 0 Å². The molecule has 0 radical (unpaired) electrons. The van der Waals surface area contributed by atoms with Gasteiger partial charge in [-0.15, -0.1) is 0 Å². The van der Waals surface area contributed by atoms with Gasteiger partial charge in [0.2, 0.25) is 0 Å². The van der Waals surface area contributed by atoms with Gasteiger partial charge in [-0.1, -0.05) is 13.8 Å². The molecule has 0 saturated carbocycles. The number of nitrogen functional groups attached to an aromatic ring is 1. The summed E-state index contributed by atoms with van der Waals surface area (Å²) in [5.74, 6) is 0.603. The molecule has 0 spiro atoms. The maximum absolute atomic E-state index is 6.35. The average molecular weight is 257 g/mol. The summed E-state index contributed by atoms with van der Waals surface area (Å²) in [6, 6.07) is 8.54. The van der Waals surface area contributed by atoms with Crippen LogP contribution in [0.25, 0.3) is 10.9 Å². The van der Waals surface area contributed by atoms with Gasteiger partial charge in [-0.25, -0.2) is 0 Å². The molecule has 19 heavy (non-hydrogen) atoms. The molecular formula is C16H23N3. The zero-order chi connectivity index (χ0) is 14.0. The fourth-order valence-corrected chi connectivity index (χ4v) is 2.39. The first-order chi connectivity index (χ1) is 9.00. The van der Waals surface area contributed by atoms with Crippen LogP contribution in [0.1, 0.15) is 27.7 Å². The summed E-state index contributed by atoms with van der Waals surface area (Å²) in [4.78, 5) is 6.72. The SMILES string of the molecule is CC(C)CN(c1ccc2ncccc2c1N)C(C)C. The van der Waals surface area contributed by atoms with Gasteiger partial charge >= 0.3 is 0 Å². The van der Waals surface area contributed by atoms with Gasteiger partial charge in [0.15, 0.2) is 0 Å². The van der Waals surface area contributed by atoms with E-state index >= 15 is 0 Å². The molecule has 0 aliphatic carbocycles. The van der Waals surface area contributed by atoms with Crippen LogP contribution >= 0.6 is 0 Å².